The second kappa shape index (κ2) is 11.8. The van der Waals surface area contributed by atoms with Crippen molar-refractivity contribution in [1.82, 2.24) is 24.1 Å². The van der Waals surface area contributed by atoms with E-state index in [1.165, 1.54) is 29.7 Å². The Bertz CT molecular complexity index is 2890. The summed E-state index contributed by atoms with van der Waals surface area (Å²) in [5.74, 6) is 0.543. The molecule has 0 aliphatic rings. The Hall–Kier alpha value is -6.99. The molecule has 5 nitrogen and oxygen atoms in total. The summed E-state index contributed by atoms with van der Waals surface area (Å²) < 4.78 is 32.5. The third-order valence-electron chi connectivity index (χ3n) is 9.69. The molecule has 0 aliphatic carbocycles. The van der Waals surface area contributed by atoms with Gasteiger partial charge < -0.3 is 9.13 Å². The minimum absolute atomic E-state index is 0.350. The van der Waals surface area contributed by atoms with E-state index in [0.29, 0.717) is 28.6 Å². The largest absolute Gasteiger partial charge is 0.307 e. The fraction of sp³-hybridized carbons (Fsp3) is 0. The average Bonchev–Trinajstić information content (AvgIpc) is 3.72. The van der Waals surface area contributed by atoms with Gasteiger partial charge in [0.1, 0.15) is 11.6 Å². The highest BCUT2D eigenvalue weighted by atomic mass is 19.1. The van der Waals surface area contributed by atoms with Crippen LogP contribution in [0.4, 0.5) is 8.78 Å². The van der Waals surface area contributed by atoms with Gasteiger partial charge in [0, 0.05) is 49.6 Å². The van der Waals surface area contributed by atoms with Crippen LogP contribution in [0.25, 0.3) is 89.2 Å². The van der Waals surface area contributed by atoms with E-state index in [1.54, 1.807) is 24.3 Å². The number of rotatable bonds is 5. The first-order valence-electron chi connectivity index (χ1n) is 17.0. The van der Waals surface area contributed by atoms with Gasteiger partial charge in [-0.2, -0.15) is 0 Å². The fourth-order valence-electron chi connectivity index (χ4n) is 7.34. The maximum absolute atomic E-state index is 13.9. The number of hydrogen-bond acceptors (Lipinski definition) is 3. The topological polar surface area (TPSA) is 48.5 Å². The van der Waals surface area contributed by atoms with Gasteiger partial charge in [0.05, 0.1) is 22.1 Å². The summed E-state index contributed by atoms with van der Waals surface area (Å²) in [6, 6.07) is 52.3. The van der Waals surface area contributed by atoms with E-state index >= 15 is 0 Å². The van der Waals surface area contributed by atoms with Crippen LogP contribution in [0.3, 0.4) is 0 Å². The zero-order valence-corrected chi connectivity index (χ0v) is 27.6. The van der Waals surface area contributed by atoms with Crippen molar-refractivity contribution >= 4 is 43.6 Å². The predicted octanol–water partition coefficient (Wildman–Crippen LogP) is 11.3. The van der Waals surface area contributed by atoms with Crippen LogP contribution in [0.5, 0.6) is 0 Å². The lowest BCUT2D eigenvalue weighted by molar-refractivity contribution is 0.627. The molecule has 0 aliphatic heterocycles. The molecule has 0 radical (unpaired) electrons. The second-order valence-corrected chi connectivity index (χ2v) is 12.8. The molecule has 0 saturated heterocycles. The van der Waals surface area contributed by atoms with Crippen LogP contribution in [0.2, 0.25) is 0 Å². The van der Waals surface area contributed by atoms with Crippen molar-refractivity contribution in [2.24, 2.45) is 0 Å². The summed E-state index contributed by atoms with van der Waals surface area (Å²) in [6.07, 6.45) is 0. The van der Waals surface area contributed by atoms with Crippen LogP contribution in [0.1, 0.15) is 0 Å². The third kappa shape index (κ3) is 4.78. The van der Waals surface area contributed by atoms with Gasteiger partial charge >= 0.3 is 0 Å². The molecule has 0 N–H and O–H groups in total. The van der Waals surface area contributed by atoms with Gasteiger partial charge in [-0.15, -0.1) is 0 Å². The quantitative estimate of drug-likeness (QED) is 0.182. The number of hydrogen-bond donors (Lipinski definition) is 0. The Balaban J connectivity index is 1.28. The van der Waals surface area contributed by atoms with E-state index in [1.807, 2.05) is 18.2 Å². The highest BCUT2D eigenvalue weighted by molar-refractivity contribution is 6.24. The SMILES string of the molecule is Fc1ccc(-c2nc(-c3ccc(F)cc3)nc(-c3ccc4c(c3)c3ccc5c6ccccc6n(-c6ccccc6)c5c3n4-c3ccccc3)n2)cc1. The van der Waals surface area contributed by atoms with Crippen LogP contribution in [-0.4, -0.2) is 24.1 Å². The standard InChI is InChI=1S/C45H27F2N5/c46-31-20-15-28(16-21-31)43-48-44(29-17-22-32(47)23-18-29)50-45(49-43)30-19-26-40-38(27-30)37-25-24-36-35-13-7-8-14-39(35)51(33-9-3-1-4-10-33)41(36)42(37)52(40)34-11-5-2-6-12-34/h1-27H. The number of nitrogens with zero attached hydrogens (tertiary/aromatic N) is 5. The number of fused-ring (bicyclic) bond motifs is 7. The molecular formula is C45H27F2N5. The van der Waals surface area contributed by atoms with Crippen LogP contribution in [-0.2, 0) is 0 Å². The Labute approximate surface area is 296 Å². The summed E-state index contributed by atoms with van der Waals surface area (Å²) >= 11 is 0. The van der Waals surface area contributed by atoms with Crippen molar-refractivity contribution in [3.63, 3.8) is 0 Å². The van der Waals surface area contributed by atoms with Gasteiger partial charge in [0.2, 0.25) is 0 Å². The fourth-order valence-corrected chi connectivity index (χ4v) is 7.34. The van der Waals surface area contributed by atoms with Crippen molar-refractivity contribution in [1.29, 1.82) is 0 Å². The monoisotopic (exact) mass is 675 g/mol. The molecular weight excluding hydrogens is 649 g/mol. The molecule has 52 heavy (non-hydrogen) atoms. The zero-order chi connectivity index (χ0) is 34.8. The number of halogens is 2. The molecule has 0 saturated carbocycles. The normalized spacial score (nSPS) is 11.7. The number of para-hydroxylation sites is 3. The van der Waals surface area contributed by atoms with Gasteiger partial charge in [-0.05, 0) is 97.1 Å². The van der Waals surface area contributed by atoms with Crippen LogP contribution in [0, 0.1) is 11.6 Å². The first kappa shape index (κ1) is 29.9. The lowest BCUT2D eigenvalue weighted by atomic mass is 10.1. The molecule has 0 atom stereocenters. The van der Waals surface area contributed by atoms with Gasteiger partial charge in [0.25, 0.3) is 0 Å². The molecule has 0 fully saturated rings. The minimum Gasteiger partial charge on any atom is -0.307 e. The summed E-state index contributed by atoms with van der Waals surface area (Å²) in [5, 5.41) is 4.47. The highest BCUT2D eigenvalue weighted by Crippen LogP contribution is 2.42. The van der Waals surface area contributed by atoms with E-state index in [2.05, 4.69) is 106 Å². The van der Waals surface area contributed by atoms with Gasteiger partial charge in [-0.25, -0.2) is 23.7 Å². The minimum atomic E-state index is -0.350. The summed E-state index contributed by atoms with van der Waals surface area (Å²) in [7, 11) is 0. The number of benzene rings is 7. The van der Waals surface area contributed by atoms with Gasteiger partial charge in [-0.1, -0.05) is 66.7 Å². The lowest BCUT2D eigenvalue weighted by Crippen LogP contribution is -2.00. The maximum Gasteiger partial charge on any atom is 0.164 e. The smallest absolute Gasteiger partial charge is 0.164 e. The Morgan fingerprint density at radius 3 is 1.31 bits per heavy atom. The average molecular weight is 676 g/mol. The van der Waals surface area contributed by atoms with Crippen LogP contribution < -0.4 is 0 Å². The Morgan fingerprint density at radius 1 is 0.346 bits per heavy atom. The van der Waals surface area contributed by atoms with Crippen molar-refractivity contribution in [3.8, 4) is 45.5 Å². The van der Waals surface area contributed by atoms with Crippen LogP contribution in [0.15, 0.2) is 164 Å². The van der Waals surface area contributed by atoms with E-state index < -0.39 is 0 Å². The summed E-state index contributed by atoms with van der Waals surface area (Å²) in [5.41, 5.74) is 8.58. The number of aromatic nitrogens is 5. The molecule has 0 bridgehead atoms. The molecule has 3 aromatic heterocycles. The Morgan fingerprint density at radius 2 is 0.769 bits per heavy atom. The van der Waals surface area contributed by atoms with E-state index in [9.17, 15) is 8.78 Å². The third-order valence-corrected chi connectivity index (χ3v) is 9.69. The van der Waals surface area contributed by atoms with E-state index in [-0.39, 0.29) is 11.6 Å². The van der Waals surface area contributed by atoms with Crippen LogP contribution >= 0.6 is 0 Å². The van der Waals surface area contributed by atoms with Gasteiger partial charge in [-0.3, -0.25) is 0 Å². The highest BCUT2D eigenvalue weighted by Gasteiger charge is 2.22. The molecule has 3 heterocycles. The summed E-state index contributed by atoms with van der Waals surface area (Å²) in [4.78, 5) is 14.5. The Kier molecular flexibility index (Phi) is 6.79. The molecule has 7 aromatic carbocycles. The van der Waals surface area contributed by atoms with Crippen molar-refractivity contribution in [2.45, 2.75) is 0 Å². The predicted molar refractivity (Wildman–Crippen MR) is 205 cm³/mol. The first-order valence-corrected chi connectivity index (χ1v) is 17.0. The molecule has 10 aromatic rings. The van der Waals surface area contributed by atoms with Gasteiger partial charge in [0.15, 0.2) is 17.5 Å². The molecule has 7 heteroatoms. The van der Waals surface area contributed by atoms with Crippen molar-refractivity contribution in [3.05, 3.63) is 175 Å². The molecule has 0 unspecified atom stereocenters. The molecule has 0 amide bonds. The van der Waals surface area contributed by atoms with E-state index in [4.69, 9.17) is 15.0 Å². The summed E-state index contributed by atoms with van der Waals surface area (Å²) in [6.45, 7) is 0. The maximum atomic E-state index is 13.9. The van der Waals surface area contributed by atoms with Crippen molar-refractivity contribution < 1.29 is 8.78 Å². The zero-order valence-electron chi connectivity index (χ0n) is 27.6. The molecule has 10 rings (SSSR count). The lowest BCUT2D eigenvalue weighted by Gasteiger charge is -2.12. The molecule has 246 valence electrons. The first-order chi connectivity index (χ1) is 25.6. The second-order valence-electron chi connectivity index (χ2n) is 12.8. The molecule has 0 spiro atoms. The van der Waals surface area contributed by atoms with E-state index in [0.717, 1.165) is 55.2 Å². The van der Waals surface area contributed by atoms with Crippen molar-refractivity contribution in [2.75, 3.05) is 0 Å².